The van der Waals surface area contributed by atoms with Gasteiger partial charge in [0.25, 0.3) is 0 Å². The fourth-order valence-electron chi connectivity index (χ4n) is 2.59. The number of nitrogens with two attached hydrogens (primary N) is 1. The van der Waals surface area contributed by atoms with Crippen molar-refractivity contribution in [2.24, 2.45) is 22.7 Å². The summed E-state index contributed by atoms with van der Waals surface area (Å²) < 4.78 is 0. The summed E-state index contributed by atoms with van der Waals surface area (Å²) in [5.41, 5.74) is 5.54. The van der Waals surface area contributed by atoms with Gasteiger partial charge in [-0.3, -0.25) is 4.79 Å². The Morgan fingerprint density at radius 2 is 2.11 bits per heavy atom. The molecule has 104 valence electrons. The van der Waals surface area contributed by atoms with Crippen molar-refractivity contribution >= 4 is 11.7 Å². The Hall–Kier alpha value is -1.26. The first-order valence-electron chi connectivity index (χ1n) is 6.87. The minimum Gasteiger partial charge on any atom is -0.409 e. The molecule has 18 heavy (non-hydrogen) atoms. The van der Waals surface area contributed by atoms with Gasteiger partial charge in [0.1, 0.15) is 0 Å². The van der Waals surface area contributed by atoms with Crippen LogP contribution in [0, 0.1) is 11.8 Å². The Morgan fingerprint density at radius 3 is 2.72 bits per heavy atom. The Balaban J connectivity index is 2.61. The molecule has 1 fully saturated rings. The molecule has 1 aliphatic rings. The minimum absolute atomic E-state index is 0.00345. The molecule has 0 aliphatic heterocycles. The highest BCUT2D eigenvalue weighted by Gasteiger charge is 2.26. The number of hydrogen-bond donors (Lipinski definition) is 3. The summed E-state index contributed by atoms with van der Waals surface area (Å²) in [7, 11) is 0. The van der Waals surface area contributed by atoms with E-state index in [0.29, 0.717) is 12.3 Å². The van der Waals surface area contributed by atoms with Crippen LogP contribution in [0.1, 0.15) is 52.4 Å². The lowest BCUT2D eigenvalue weighted by molar-refractivity contribution is -0.124. The van der Waals surface area contributed by atoms with Gasteiger partial charge in [0.2, 0.25) is 5.91 Å². The molecule has 5 heteroatoms. The third kappa shape index (κ3) is 3.89. The van der Waals surface area contributed by atoms with Gasteiger partial charge in [-0.05, 0) is 25.2 Å². The van der Waals surface area contributed by atoms with Crippen molar-refractivity contribution < 1.29 is 10.0 Å². The minimum atomic E-state index is -0.523. The highest BCUT2D eigenvalue weighted by molar-refractivity contribution is 6.02. The zero-order valence-electron chi connectivity index (χ0n) is 11.4. The maximum absolute atomic E-state index is 12.1. The number of nitrogens with zero attached hydrogens (tertiary/aromatic N) is 1. The van der Waals surface area contributed by atoms with Crippen molar-refractivity contribution in [3.05, 3.63) is 0 Å². The molecule has 3 atom stereocenters. The summed E-state index contributed by atoms with van der Waals surface area (Å²) >= 11 is 0. The number of hydrogen-bond acceptors (Lipinski definition) is 3. The number of oxime groups is 1. The molecule has 0 aromatic heterocycles. The molecule has 1 saturated carbocycles. The summed E-state index contributed by atoms with van der Waals surface area (Å²) in [5, 5.41) is 14.7. The largest absolute Gasteiger partial charge is 0.409 e. The lowest BCUT2D eigenvalue weighted by atomic mass is 9.95. The Morgan fingerprint density at radius 1 is 1.44 bits per heavy atom. The summed E-state index contributed by atoms with van der Waals surface area (Å²) in [6.45, 7) is 4.04. The van der Waals surface area contributed by atoms with Gasteiger partial charge in [-0.25, -0.2) is 0 Å². The van der Waals surface area contributed by atoms with Crippen molar-refractivity contribution in [1.29, 1.82) is 0 Å². The molecule has 0 bridgehead atoms. The van der Waals surface area contributed by atoms with E-state index in [2.05, 4.69) is 17.4 Å². The van der Waals surface area contributed by atoms with Crippen LogP contribution in [0.5, 0.6) is 0 Å². The maximum atomic E-state index is 12.1. The van der Waals surface area contributed by atoms with Gasteiger partial charge in [0, 0.05) is 6.04 Å². The van der Waals surface area contributed by atoms with E-state index >= 15 is 0 Å². The van der Waals surface area contributed by atoms with Crippen molar-refractivity contribution in [3.8, 4) is 0 Å². The van der Waals surface area contributed by atoms with Gasteiger partial charge in [-0.2, -0.15) is 0 Å². The van der Waals surface area contributed by atoms with E-state index in [-0.39, 0.29) is 17.8 Å². The highest BCUT2D eigenvalue weighted by Crippen LogP contribution is 2.23. The average molecular weight is 255 g/mol. The molecule has 0 heterocycles. The number of amides is 1. The topological polar surface area (TPSA) is 87.7 Å². The number of rotatable bonds is 4. The predicted octanol–water partition coefficient (Wildman–Crippen LogP) is 1.84. The monoisotopic (exact) mass is 255 g/mol. The predicted molar refractivity (Wildman–Crippen MR) is 71.4 cm³/mol. The third-order valence-corrected chi connectivity index (χ3v) is 3.89. The molecule has 0 saturated heterocycles. The Kier molecular flexibility index (Phi) is 5.95. The molecule has 5 nitrogen and oxygen atoms in total. The SMILES string of the molecule is CCC(C(=O)NC1CCCCCC1C)C(N)=NO. The van der Waals surface area contributed by atoms with Crippen molar-refractivity contribution in [3.63, 3.8) is 0 Å². The molecule has 0 aromatic carbocycles. The highest BCUT2D eigenvalue weighted by atomic mass is 16.4. The van der Waals surface area contributed by atoms with Crippen LogP contribution in [-0.4, -0.2) is 23.0 Å². The molecule has 0 spiro atoms. The smallest absolute Gasteiger partial charge is 0.231 e. The van der Waals surface area contributed by atoms with Crippen LogP contribution in [0.3, 0.4) is 0 Å². The molecule has 3 unspecified atom stereocenters. The second-order valence-electron chi connectivity index (χ2n) is 5.22. The molecular weight excluding hydrogens is 230 g/mol. The van der Waals surface area contributed by atoms with Crippen LogP contribution in [0.2, 0.25) is 0 Å². The van der Waals surface area contributed by atoms with Crippen LogP contribution in [0.4, 0.5) is 0 Å². The van der Waals surface area contributed by atoms with E-state index in [1.165, 1.54) is 12.8 Å². The van der Waals surface area contributed by atoms with Gasteiger partial charge >= 0.3 is 0 Å². The number of amidine groups is 1. The first kappa shape index (κ1) is 14.8. The number of carbonyl (C=O) groups excluding carboxylic acids is 1. The van der Waals surface area contributed by atoms with Crippen LogP contribution in [0.25, 0.3) is 0 Å². The van der Waals surface area contributed by atoms with Crippen molar-refractivity contribution in [1.82, 2.24) is 5.32 Å². The number of nitrogens with one attached hydrogen (secondary N) is 1. The van der Waals surface area contributed by atoms with Crippen molar-refractivity contribution in [2.45, 2.75) is 58.4 Å². The molecule has 1 aliphatic carbocycles. The van der Waals surface area contributed by atoms with E-state index in [4.69, 9.17) is 10.9 Å². The fourth-order valence-corrected chi connectivity index (χ4v) is 2.59. The van der Waals surface area contributed by atoms with E-state index < -0.39 is 5.92 Å². The van der Waals surface area contributed by atoms with Crippen LogP contribution in [-0.2, 0) is 4.79 Å². The van der Waals surface area contributed by atoms with Gasteiger partial charge in [0.05, 0.1) is 5.92 Å². The van der Waals surface area contributed by atoms with Crippen LogP contribution in [0.15, 0.2) is 5.16 Å². The van der Waals surface area contributed by atoms with Gasteiger partial charge in [-0.15, -0.1) is 0 Å². The molecule has 0 aromatic rings. The third-order valence-electron chi connectivity index (χ3n) is 3.89. The van der Waals surface area contributed by atoms with Gasteiger partial charge in [-0.1, -0.05) is 38.3 Å². The van der Waals surface area contributed by atoms with E-state index in [9.17, 15) is 4.79 Å². The Bertz CT molecular complexity index is 305. The molecular formula is C13H25N3O2. The zero-order chi connectivity index (χ0) is 13.5. The van der Waals surface area contributed by atoms with Gasteiger partial charge < -0.3 is 16.3 Å². The molecule has 1 rings (SSSR count). The van der Waals surface area contributed by atoms with E-state index in [1.807, 2.05) is 6.92 Å². The first-order valence-corrected chi connectivity index (χ1v) is 6.87. The summed E-state index contributed by atoms with van der Waals surface area (Å²) in [4.78, 5) is 12.1. The molecule has 1 amide bonds. The van der Waals surface area contributed by atoms with E-state index in [0.717, 1.165) is 19.3 Å². The van der Waals surface area contributed by atoms with Crippen LogP contribution < -0.4 is 11.1 Å². The number of carbonyl (C=O) groups is 1. The summed E-state index contributed by atoms with van der Waals surface area (Å²) in [5.74, 6) is -0.144. The maximum Gasteiger partial charge on any atom is 0.231 e. The Labute approximate surface area is 109 Å². The molecule has 4 N–H and O–H groups in total. The van der Waals surface area contributed by atoms with Gasteiger partial charge in [0.15, 0.2) is 5.84 Å². The quantitative estimate of drug-likeness (QED) is 0.235. The van der Waals surface area contributed by atoms with E-state index in [1.54, 1.807) is 0 Å². The summed E-state index contributed by atoms with van der Waals surface area (Å²) in [6, 6.07) is 0.223. The van der Waals surface area contributed by atoms with Crippen molar-refractivity contribution in [2.75, 3.05) is 0 Å². The fraction of sp³-hybridized carbons (Fsp3) is 0.846. The lowest BCUT2D eigenvalue weighted by Gasteiger charge is -2.25. The normalized spacial score (nSPS) is 27.3. The summed E-state index contributed by atoms with van der Waals surface area (Å²) in [6.07, 6.45) is 6.38. The average Bonchev–Trinajstić information content (AvgIpc) is 2.55. The molecule has 0 radical (unpaired) electrons. The second kappa shape index (κ2) is 7.24. The zero-order valence-corrected chi connectivity index (χ0v) is 11.4. The first-order chi connectivity index (χ1) is 8.60. The second-order valence-corrected chi connectivity index (χ2v) is 5.22. The lowest BCUT2D eigenvalue weighted by Crippen LogP contribution is -2.45. The standard InChI is InChI=1S/C13H25N3O2/c1-3-10(12(14)16-18)13(17)15-11-8-6-4-5-7-9(11)2/h9-11,18H,3-8H2,1-2H3,(H2,14,16)(H,15,17). The van der Waals surface area contributed by atoms with Crippen LogP contribution >= 0.6 is 0 Å².